The minimum atomic E-state index is -3.89. The van der Waals surface area contributed by atoms with E-state index in [4.69, 9.17) is 11.6 Å². The van der Waals surface area contributed by atoms with Crippen LogP contribution < -0.4 is 0 Å². The number of aromatic nitrogens is 1. The van der Waals surface area contributed by atoms with Crippen LogP contribution in [-0.2, 0) is 5.92 Å². The molecular weight excluding hydrogens is 279 g/mol. The summed E-state index contributed by atoms with van der Waals surface area (Å²) in [5, 5.41) is 0.0233. The molecular formula is C13H7ClF3NO. The molecule has 0 bridgehead atoms. The van der Waals surface area contributed by atoms with Gasteiger partial charge in [0.05, 0.1) is 5.56 Å². The van der Waals surface area contributed by atoms with Crippen molar-refractivity contribution in [2.75, 3.05) is 0 Å². The van der Waals surface area contributed by atoms with E-state index >= 15 is 0 Å². The first kappa shape index (κ1) is 13.5. The Balaban J connectivity index is 2.43. The fourth-order valence-corrected chi connectivity index (χ4v) is 1.67. The van der Waals surface area contributed by atoms with Crippen molar-refractivity contribution in [1.82, 2.24) is 4.98 Å². The Hall–Kier alpha value is -1.88. The molecule has 0 aliphatic carbocycles. The van der Waals surface area contributed by atoms with Crippen molar-refractivity contribution in [3.8, 4) is 0 Å². The van der Waals surface area contributed by atoms with E-state index < -0.39 is 28.8 Å². The fourth-order valence-electron chi connectivity index (χ4n) is 1.51. The topological polar surface area (TPSA) is 30.0 Å². The van der Waals surface area contributed by atoms with Gasteiger partial charge in [0.2, 0.25) is 5.78 Å². The summed E-state index contributed by atoms with van der Waals surface area (Å²) in [5.41, 5.74) is -1.45. The summed E-state index contributed by atoms with van der Waals surface area (Å²) in [7, 11) is 0. The average Bonchev–Trinajstić information content (AvgIpc) is 2.39. The summed E-state index contributed by atoms with van der Waals surface area (Å²) in [6.07, 6.45) is 1.13. The number of pyridine rings is 1. The van der Waals surface area contributed by atoms with Crippen molar-refractivity contribution in [3.63, 3.8) is 0 Å². The normalized spacial score (nSPS) is 11.4. The second-order valence-corrected chi connectivity index (χ2v) is 4.18. The van der Waals surface area contributed by atoms with Crippen LogP contribution in [0.5, 0.6) is 0 Å². The third-order valence-corrected chi connectivity index (χ3v) is 2.68. The van der Waals surface area contributed by atoms with Gasteiger partial charge in [0.15, 0.2) is 0 Å². The molecule has 0 saturated carbocycles. The molecule has 0 saturated heterocycles. The zero-order valence-electron chi connectivity index (χ0n) is 9.41. The molecule has 0 spiro atoms. The average molecular weight is 286 g/mol. The number of nitrogens with zero attached hydrogens (tertiary/aromatic N) is 1. The predicted molar refractivity (Wildman–Crippen MR) is 63.9 cm³/mol. The molecule has 0 atom stereocenters. The number of benzene rings is 1. The number of carbonyl (C=O) groups is 1. The number of hydrogen-bond acceptors (Lipinski definition) is 2. The van der Waals surface area contributed by atoms with Crippen LogP contribution in [0, 0.1) is 5.82 Å². The number of halogens is 4. The Labute approximate surface area is 111 Å². The maximum Gasteiger partial charge on any atom is 0.351 e. The molecule has 0 radical (unpaired) electrons. The Morgan fingerprint density at radius 1 is 1.21 bits per heavy atom. The summed E-state index contributed by atoms with van der Waals surface area (Å²) >= 11 is 5.50. The van der Waals surface area contributed by atoms with E-state index in [1.165, 1.54) is 18.2 Å². The van der Waals surface area contributed by atoms with Crippen LogP contribution in [0.25, 0.3) is 0 Å². The molecule has 0 N–H and O–H groups in total. The zero-order chi connectivity index (χ0) is 14.0. The highest BCUT2D eigenvalue weighted by Gasteiger charge is 2.43. The maximum atomic E-state index is 13.9. The Morgan fingerprint density at radius 2 is 1.95 bits per heavy atom. The van der Waals surface area contributed by atoms with Gasteiger partial charge in [-0.15, -0.1) is 0 Å². The summed E-state index contributed by atoms with van der Waals surface area (Å²) < 4.78 is 41.3. The summed E-state index contributed by atoms with van der Waals surface area (Å²) in [4.78, 5) is 15.2. The van der Waals surface area contributed by atoms with Gasteiger partial charge in [-0.3, -0.25) is 9.78 Å². The van der Waals surface area contributed by atoms with Crippen molar-refractivity contribution in [3.05, 3.63) is 64.7 Å². The maximum absolute atomic E-state index is 13.9. The first-order valence-electron chi connectivity index (χ1n) is 5.22. The van der Waals surface area contributed by atoms with E-state index in [-0.39, 0.29) is 5.02 Å². The molecule has 1 aromatic heterocycles. The van der Waals surface area contributed by atoms with Gasteiger partial charge in [0.25, 0.3) is 0 Å². The molecule has 0 unspecified atom stereocenters. The Kier molecular flexibility index (Phi) is 3.57. The lowest BCUT2D eigenvalue weighted by molar-refractivity contribution is 0.00427. The number of carbonyl (C=O) groups excluding carboxylic acids is 1. The minimum absolute atomic E-state index is 0.0233. The van der Waals surface area contributed by atoms with Crippen molar-refractivity contribution in [2.45, 2.75) is 5.92 Å². The summed E-state index contributed by atoms with van der Waals surface area (Å²) in [5.74, 6) is -6.64. The number of hydrogen-bond donors (Lipinski definition) is 0. The molecule has 0 amide bonds. The molecule has 2 rings (SSSR count). The molecule has 98 valence electrons. The van der Waals surface area contributed by atoms with Crippen LogP contribution in [0.2, 0.25) is 5.02 Å². The zero-order valence-corrected chi connectivity index (χ0v) is 10.2. The number of Topliss-reactive ketones (excluding diaryl/α,β-unsaturated/α-hetero) is 1. The Morgan fingerprint density at radius 3 is 2.53 bits per heavy atom. The quantitative estimate of drug-likeness (QED) is 0.802. The molecule has 6 heteroatoms. The van der Waals surface area contributed by atoms with Gasteiger partial charge in [-0.05, 0) is 30.3 Å². The lowest BCUT2D eigenvalue weighted by atomic mass is 10.0. The van der Waals surface area contributed by atoms with Crippen molar-refractivity contribution in [2.24, 2.45) is 0 Å². The smallest absolute Gasteiger partial charge is 0.287 e. The van der Waals surface area contributed by atoms with E-state index in [0.29, 0.717) is 0 Å². The van der Waals surface area contributed by atoms with Crippen molar-refractivity contribution >= 4 is 17.4 Å². The van der Waals surface area contributed by atoms with Gasteiger partial charge in [-0.1, -0.05) is 17.7 Å². The predicted octanol–water partition coefficient (Wildman–Crippen LogP) is 3.85. The van der Waals surface area contributed by atoms with Crippen LogP contribution in [0.1, 0.15) is 16.1 Å². The monoisotopic (exact) mass is 285 g/mol. The third-order valence-electron chi connectivity index (χ3n) is 2.45. The largest absolute Gasteiger partial charge is 0.351 e. The van der Waals surface area contributed by atoms with E-state index in [1.54, 1.807) is 0 Å². The SMILES string of the molecule is O=C(c1ccc(Cl)cc1F)C(F)(F)c1ccccn1. The molecule has 0 aliphatic rings. The van der Waals surface area contributed by atoms with E-state index in [2.05, 4.69) is 4.98 Å². The van der Waals surface area contributed by atoms with E-state index in [0.717, 1.165) is 24.4 Å². The fraction of sp³-hybridized carbons (Fsp3) is 0.0769. The number of ketones is 1. The second-order valence-electron chi connectivity index (χ2n) is 3.74. The van der Waals surface area contributed by atoms with Gasteiger partial charge in [0, 0.05) is 11.2 Å². The standard InChI is InChI=1S/C13H7ClF3NO/c14-8-4-5-9(10(15)7-8)12(19)13(16,17)11-3-1-2-6-18-11/h1-7H. The second kappa shape index (κ2) is 5.01. The van der Waals surface area contributed by atoms with Gasteiger partial charge in [-0.2, -0.15) is 8.78 Å². The molecule has 0 aliphatic heterocycles. The lowest BCUT2D eigenvalue weighted by Gasteiger charge is -2.14. The highest BCUT2D eigenvalue weighted by molar-refractivity contribution is 6.30. The highest BCUT2D eigenvalue weighted by atomic mass is 35.5. The van der Waals surface area contributed by atoms with Gasteiger partial charge in [0.1, 0.15) is 11.5 Å². The van der Waals surface area contributed by atoms with E-state index in [1.807, 2.05) is 0 Å². The number of rotatable bonds is 3. The van der Waals surface area contributed by atoms with Crippen LogP contribution in [0.3, 0.4) is 0 Å². The van der Waals surface area contributed by atoms with E-state index in [9.17, 15) is 18.0 Å². The van der Waals surface area contributed by atoms with Gasteiger partial charge in [-0.25, -0.2) is 4.39 Å². The highest BCUT2D eigenvalue weighted by Crippen LogP contribution is 2.31. The van der Waals surface area contributed by atoms with Crippen molar-refractivity contribution in [1.29, 1.82) is 0 Å². The molecule has 0 fully saturated rings. The first-order chi connectivity index (χ1) is 8.93. The molecule has 2 aromatic rings. The van der Waals surface area contributed by atoms with Crippen molar-refractivity contribution < 1.29 is 18.0 Å². The molecule has 2 nitrogen and oxygen atoms in total. The van der Waals surface area contributed by atoms with Crippen LogP contribution in [0.4, 0.5) is 13.2 Å². The minimum Gasteiger partial charge on any atom is -0.287 e. The molecule has 1 aromatic carbocycles. The third kappa shape index (κ3) is 2.61. The van der Waals surface area contributed by atoms with Crippen LogP contribution in [0.15, 0.2) is 42.6 Å². The molecule has 19 heavy (non-hydrogen) atoms. The Bertz CT molecular complexity index is 617. The van der Waals surface area contributed by atoms with Gasteiger partial charge < -0.3 is 0 Å². The lowest BCUT2D eigenvalue weighted by Crippen LogP contribution is -2.28. The summed E-state index contributed by atoms with van der Waals surface area (Å²) in [6, 6.07) is 6.67. The van der Waals surface area contributed by atoms with Crippen LogP contribution >= 0.6 is 11.6 Å². The summed E-state index contributed by atoms with van der Waals surface area (Å²) in [6.45, 7) is 0. The first-order valence-corrected chi connectivity index (χ1v) is 5.60. The molecule has 1 heterocycles. The van der Waals surface area contributed by atoms with Gasteiger partial charge >= 0.3 is 5.92 Å². The number of alkyl halides is 2. The van der Waals surface area contributed by atoms with Crippen LogP contribution in [-0.4, -0.2) is 10.8 Å².